The third-order valence-corrected chi connectivity index (χ3v) is 6.34. The van der Waals surface area contributed by atoms with Crippen LogP contribution in [0.2, 0.25) is 0 Å². The van der Waals surface area contributed by atoms with E-state index in [1.54, 1.807) is 0 Å². The molecular formula is C33H56. The van der Waals surface area contributed by atoms with E-state index in [9.17, 15) is 0 Å². The topological polar surface area (TPSA) is 0 Å². The summed E-state index contributed by atoms with van der Waals surface area (Å²) in [4.78, 5) is 0. The highest BCUT2D eigenvalue weighted by Gasteiger charge is 2.35. The second-order valence-electron chi connectivity index (χ2n) is 9.39. The van der Waals surface area contributed by atoms with Crippen LogP contribution in [0.3, 0.4) is 0 Å². The lowest BCUT2D eigenvalue weighted by Gasteiger charge is -2.38. The zero-order valence-electron chi connectivity index (χ0n) is 23.1. The summed E-state index contributed by atoms with van der Waals surface area (Å²) in [6.45, 7) is 13.4. The van der Waals surface area contributed by atoms with Crippen LogP contribution in [0.25, 0.3) is 0 Å². The molecule has 0 rings (SSSR count). The van der Waals surface area contributed by atoms with Gasteiger partial charge in [0.05, 0.1) is 0 Å². The van der Waals surface area contributed by atoms with Crippen molar-refractivity contribution in [2.75, 3.05) is 0 Å². The first kappa shape index (κ1) is 31.4. The lowest BCUT2D eigenvalue weighted by Crippen LogP contribution is -2.30. The zero-order valence-corrected chi connectivity index (χ0v) is 23.1. The Morgan fingerprint density at radius 3 is 1.61 bits per heavy atom. The van der Waals surface area contributed by atoms with Gasteiger partial charge < -0.3 is 0 Å². The van der Waals surface area contributed by atoms with Crippen molar-refractivity contribution in [3.8, 4) is 0 Å². The summed E-state index contributed by atoms with van der Waals surface area (Å²) in [6, 6.07) is 0. The van der Waals surface area contributed by atoms with Gasteiger partial charge in [-0.2, -0.15) is 0 Å². The molecule has 0 N–H and O–H groups in total. The summed E-state index contributed by atoms with van der Waals surface area (Å²) in [6.07, 6.45) is 43.7. The Bertz CT molecular complexity index is 598. The molecule has 0 aliphatic heterocycles. The molecule has 0 aromatic heterocycles. The summed E-state index contributed by atoms with van der Waals surface area (Å²) in [5.41, 5.74) is -0.00257. The molecule has 0 fully saturated rings. The molecule has 3 unspecified atom stereocenters. The fourth-order valence-electron chi connectivity index (χ4n) is 4.30. The molecule has 0 saturated carbocycles. The molecule has 0 heterocycles. The predicted octanol–water partition coefficient (Wildman–Crippen LogP) is 11.3. The van der Waals surface area contributed by atoms with Gasteiger partial charge in [-0.3, -0.25) is 0 Å². The summed E-state index contributed by atoms with van der Waals surface area (Å²) < 4.78 is 0. The van der Waals surface area contributed by atoms with Crippen LogP contribution in [-0.4, -0.2) is 0 Å². The fourth-order valence-corrected chi connectivity index (χ4v) is 4.30. The van der Waals surface area contributed by atoms with Gasteiger partial charge in [0.15, 0.2) is 0 Å². The van der Waals surface area contributed by atoms with Crippen LogP contribution < -0.4 is 0 Å². The molecule has 0 saturated heterocycles. The van der Waals surface area contributed by atoms with E-state index in [0.717, 1.165) is 12.8 Å². The minimum atomic E-state index is -0.00257. The minimum Gasteiger partial charge on any atom is -0.0916 e. The Labute approximate surface area is 208 Å². The summed E-state index contributed by atoms with van der Waals surface area (Å²) in [7, 11) is 0. The summed E-state index contributed by atoms with van der Waals surface area (Å²) in [5, 5.41) is 0. The van der Waals surface area contributed by atoms with E-state index in [2.05, 4.69) is 114 Å². The van der Waals surface area contributed by atoms with E-state index < -0.39 is 0 Å². The van der Waals surface area contributed by atoms with Gasteiger partial charge in [-0.25, -0.2) is 0 Å². The van der Waals surface area contributed by atoms with Crippen LogP contribution in [-0.2, 0) is 0 Å². The molecule has 0 spiro atoms. The molecule has 33 heavy (non-hydrogen) atoms. The van der Waals surface area contributed by atoms with Crippen molar-refractivity contribution in [1.29, 1.82) is 0 Å². The van der Waals surface area contributed by atoms with Crippen molar-refractivity contribution in [3.63, 3.8) is 0 Å². The van der Waals surface area contributed by atoms with Crippen molar-refractivity contribution in [3.05, 3.63) is 72.9 Å². The van der Waals surface area contributed by atoms with Crippen molar-refractivity contribution < 1.29 is 0 Å². The zero-order chi connectivity index (χ0) is 24.6. The van der Waals surface area contributed by atoms with E-state index >= 15 is 0 Å². The van der Waals surface area contributed by atoms with Gasteiger partial charge in [-0.05, 0) is 51.9 Å². The Morgan fingerprint density at radius 2 is 1.09 bits per heavy atom. The van der Waals surface area contributed by atoms with E-state index in [-0.39, 0.29) is 5.41 Å². The Balaban J connectivity index is 6.51. The average molecular weight is 453 g/mol. The quantitative estimate of drug-likeness (QED) is 0.127. The maximum atomic E-state index is 2.56. The van der Waals surface area contributed by atoms with Crippen molar-refractivity contribution in [2.45, 2.75) is 119 Å². The van der Waals surface area contributed by atoms with Crippen LogP contribution >= 0.6 is 0 Å². The monoisotopic (exact) mass is 452 g/mol. The molecule has 0 heteroatoms. The molecule has 188 valence electrons. The largest absolute Gasteiger partial charge is 0.0916 e. The lowest BCUT2D eigenvalue weighted by molar-refractivity contribution is 0.317. The van der Waals surface area contributed by atoms with Gasteiger partial charge in [0.2, 0.25) is 0 Å². The molecule has 0 aromatic carbocycles. The van der Waals surface area contributed by atoms with E-state index in [1.807, 2.05) is 0 Å². The smallest absolute Gasteiger partial charge is 0.0167 e. The summed E-state index contributed by atoms with van der Waals surface area (Å²) in [5.74, 6) is 0.808. The first-order chi connectivity index (χ1) is 16.2. The van der Waals surface area contributed by atoms with E-state index in [0.29, 0.717) is 11.8 Å². The predicted molar refractivity (Wildman–Crippen MR) is 154 cm³/mol. The number of hydrogen-bond acceptors (Lipinski definition) is 0. The molecule has 0 aliphatic carbocycles. The van der Waals surface area contributed by atoms with Crippen LogP contribution in [0.15, 0.2) is 72.9 Å². The number of rotatable bonds is 20. The third kappa shape index (κ3) is 14.3. The Morgan fingerprint density at radius 1 is 0.545 bits per heavy atom. The molecule has 0 amide bonds. The van der Waals surface area contributed by atoms with Gasteiger partial charge in [-0.1, -0.05) is 146 Å². The average Bonchev–Trinajstić information content (AvgIpc) is 2.82. The fraction of sp³-hybridized carbons (Fsp3) is 0.636. The van der Waals surface area contributed by atoms with Gasteiger partial charge in [0.25, 0.3) is 0 Å². The van der Waals surface area contributed by atoms with Gasteiger partial charge in [-0.15, -0.1) is 0 Å². The second-order valence-corrected chi connectivity index (χ2v) is 9.39. The molecular weight excluding hydrogens is 396 g/mol. The first-order valence-corrected chi connectivity index (χ1v) is 14.1. The van der Waals surface area contributed by atoms with Crippen LogP contribution in [0.1, 0.15) is 119 Å². The standard InChI is InChI=1S/C33H56/c1-7-13-18-21-26-31(25-12-6)32(27-22-19-14-8-2)33(28-17-11-5,29-23-16-10-4)30-24-20-15-9-3/h11-12,17,21-27,29-32H,7-10,13-16,18-20,28H2,1-6H3. The number of unbranched alkanes of at least 4 members (excludes halogenated alkanes) is 7. The number of allylic oxidation sites excluding steroid dienone is 12. The Kier molecular flexibility index (Phi) is 21.2. The lowest BCUT2D eigenvalue weighted by atomic mass is 9.66. The van der Waals surface area contributed by atoms with Crippen LogP contribution in [0.5, 0.6) is 0 Å². The highest BCUT2D eigenvalue weighted by molar-refractivity contribution is 5.24. The first-order valence-electron chi connectivity index (χ1n) is 14.1. The Hall–Kier alpha value is -1.56. The van der Waals surface area contributed by atoms with E-state index in [4.69, 9.17) is 0 Å². The normalized spacial score (nSPS) is 16.9. The van der Waals surface area contributed by atoms with Crippen molar-refractivity contribution in [1.82, 2.24) is 0 Å². The SMILES string of the molecule is CC=CCC(C=CCCC)(C=CCCCC)C(C=CCCCC)C(C=CC)C=CCCCC. The van der Waals surface area contributed by atoms with Gasteiger partial charge in [0.1, 0.15) is 0 Å². The molecule has 0 aliphatic rings. The molecule has 3 atom stereocenters. The molecule has 0 nitrogen and oxygen atoms in total. The highest BCUT2D eigenvalue weighted by atomic mass is 14.4. The molecule has 0 bridgehead atoms. The van der Waals surface area contributed by atoms with Crippen LogP contribution in [0, 0.1) is 17.3 Å². The van der Waals surface area contributed by atoms with Crippen molar-refractivity contribution >= 4 is 0 Å². The second kappa shape index (κ2) is 22.2. The van der Waals surface area contributed by atoms with Gasteiger partial charge >= 0.3 is 0 Å². The minimum absolute atomic E-state index is 0.00257. The maximum absolute atomic E-state index is 2.56. The van der Waals surface area contributed by atoms with Crippen molar-refractivity contribution in [2.24, 2.45) is 17.3 Å². The van der Waals surface area contributed by atoms with E-state index in [1.165, 1.54) is 64.2 Å². The third-order valence-electron chi connectivity index (χ3n) is 6.34. The summed E-state index contributed by atoms with van der Waals surface area (Å²) >= 11 is 0. The van der Waals surface area contributed by atoms with Crippen LogP contribution in [0.4, 0.5) is 0 Å². The maximum Gasteiger partial charge on any atom is 0.0167 e. The highest BCUT2D eigenvalue weighted by Crippen LogP contribution is 2.43. The molecule has 0 aromatic rings. The van der Waals surface area contributed by atoms with Gasteiger partial charge in [0, 0.05) is 11.3 Å². The number of hydrogen-bond donors (Lipinski definition) is 0. The molecule has 0 radical (unpaired) electrons.